The third kappa shape index (κ3) is 2.61. The molecule has 78 valence electrons. The number of nitro groups is 1. The van der Waals surface area contributed by atoms with Crippen molar-refractivity contribution < 1.29 is 14.4 Å². The van der Waals surface area contributed by atoms with Crippen molar-refractivity contribution in [2.45, 2.75) is 0 Å². The summed E-state index contributed by atoms with van der Waals surface area (Å²) < 4.78 is 9.95. The van der Waals surface area contributed by atoms with E-state index in [0.29, 0.717) is 5.75 Å². The van der Waals surface area contributed by atoms with Crippen molar-refractivity contribution in [3.05, 3.63) is 28.3 Å². The van der Waals surface area contributed by atoms with Gasteiger partial charge in [-0.2, -0.15) is 0 Å². The molecule has 1 rings (SSSR count). The molecule has 5 nitrogen and oxygen atoms in total. The Morgan fingerprint density at radius 3 is 2.87 bits per heavy atom. The first-order valence-electron chi connectivity index (χ1n) is 4.07. The van der Waals surface area contributed by atoms with Crippen molar-refractivity contribution in [1.29, 1.82) is 0 Å². The molecule has 0 bridgehead atoms. The lowest BCUT2D eigenvalue weighted by atomic mass is 10.3. The van der Waals surface area contributed by atoms with Gasteiger partial charge in [-0.1, -0.05) is 5.92 Å². The molecule has 1 aromatic rings. The van der Waals surface area contributed by atoms with E-state index in [4.69, 9.17) is 15.9 Å². The molecule has 0 amide bonds. The molecule has 0 saturated heterocycles. The van der Waals surface area contributed by atoms with Crippen LogP contribution in [0.15, 0.2) is 18.2 Å². The first-order valence-corrected chi connectivity index (χ1v) is 4.07. The van der Waals surface area contributed by atoms with E-state index in [-0.39, 0.29) is 18.0 Å². The summed E-state index contributed by atoms with van der Waals surface area (Å²) in [6, 6.07) is 4.22. The second kappa shape index (κ2) is 4.86. The first-order chi connectivity index (χ1) is 7.19. The number of nitrogens with zero attached hydrogens (tertiary/aromatic N) is 1. The van der Waals surface area contributed by atoms with Crippen molar-refractivity contribution >= 4 is 5.69 Å². The number of terminal acetylenes is 1. The number of ether oxygens (including phenoxy) is 2. The summed E-state index contributed by atoms with van der Waals surface area (Å²) in [6.45, 7) is -0.0198. The number of hydrogen-bond donors (Lipinski definition) is 0. The maximum absolute atomic E-state index is 10.6. The molecule has 0 aliphatic heterocycles. The summed E-state index contributed by atoms with van der Waals surface area (Å²) in [5.74, 6) is 2.82. The minimum absolute atomic E-state index is 0.0198. The number of methoxy groups -OCH3 is 1. The molecule has 0 spiro atoms. The third-order valence-corrected chi connectivity index (χ3v) is 1.67. The Morgan fingerprint density at radius 1 is 1.60 bits per heavy atom. The van der Waals surface area contributed by atoms with Crippen LogP contribution in [0.2, 0.25) is 0 Å². The Balaban J connectivity index is 3.06. The molecule has 15 heavy (non-hydrogen) atoms. The van der Waals surface area contributed by atoms with E-state index in [9.17, 15) is 10.1 Å². The number of nitro benzene ring substituents is 1. The fourth-order valence-electron chi connectivity index (χ4n) is 1.01. The van der Waals surface area contributed by atoms with Crippen LogP contribution in [-0.2, 0) is 0 Å². The third-order valence-electron chi connectivity index (χ3n) is 1.67. The Labute approximate surface area is 86.8 Å². The van der Waals surface area contributed by atoms with Crippen LogP contribution < -0.4 is 9.47 Å². The highest BCUT2D eigenvalue weighted by Gasteiger charge is 2.15. The minimum Gasteiger partial charge on any atom is -0.497 e. The van der Waals surface area contributed by atoms with Gasteiger partial charge in [0.25, 0.3) is 0 Å². The highest BCUT2D eigenvalue weighted by molar-refractivity contribution is 5.50. The quantitative estimate of drug-likeness (QED) is 0.427. The maximum Gasteiger partial charge on any atom is 0.311 e. The zero-order valence-electron chi connectivity index (χ0n) is 8.10. The topological polar surface area (TPSA) is 61.6 Å². The molecule has 0 aromatic heterocycles. The molecule has 0 unspecified atom stereocenters. The van der Waals surface area contributed by atoms with E-state index in [0.717, 1.165) is 0 Å². The molecule has 0 heterocycles. The molecule has 0 aliphatic rings. The van der Waals surface area contributed by atoms with E-state index in [1.165, 1.54) is 25.3 Å². The van der Waals surface area contributed by atoms with Crippen LogP contribution in [0.4, 0.5) is 5.69 Å². The normalized spacial score (nSPS) is 9.07. The zero-order valence-corrected chi connectivity index (χ0v) is 8.10. The fraction of sp³-hybridized carbons (Fsp3) is 0.200. The van der Waals surface area contributed by atoms with Crippen molar-refractivity contribution in [1.82, 2.24) is 0 Å². The van der Waals surface area contributed by atoms with Crippen LogP contribution in [0.3, 0.4) is 0 Å². The lowest BCUT2D eigenvalue weighted by Gasteiger charge is -2.05. The monoisotopic (exact) mass is 207 g/mol. The van der Waals surface area contributed by atoms with Gasteiger partial charge in [0.05, 0.1) is 12.0 Å². The Morgan fingerprint density at radius 2 is 2.33 bits per heavy atom. The summed E-state index contributed by atoms with van der Waals surface area (Å²) in [6.07, 6.45) is 5.00. The molecule has 1 aromatic carbocycles. The van der Waals surface area contributed by atoms with E-state index >= 15 is 0 Å². The number of rotatable bonds is 4. The molecule has 0 radical (unpaired) electrons. The van der Waals surface area contributed by atoms with Gasteiger partial charge in [-0.15, -0.1) is 6.42 Å². The van der Waals surface area contributed by atoms with E-state index < -0.39 is 4.92 Å². The lowest BCUT2D eigenvalue weighted by molar-refractivity contribution is -0.385. The Hall–Kier alpha value is -2.22. The largest absolute Gasteiger partial charge is 0.497 e. The molecular weight excluding hydrogens is 198 g/mol. The van der Waals surface area contributed by atoms with E-state index in [1.807, 2.05) is 0 Å². The van der Waals surface area contributed by atoms with E-state index in [2.05, 4.69) is 5.92 Å². The van der Waals surface area contributed by atoms with Gasteiger partial charge in [-0.05, 0) is 6.07 Å². The van der Waals surface area contributed by atoms with E-state index in [1.54, 1.807) is 0 Å². The molecule has 0 saturated carbocycles. The first kappa shape index (κ1) is 10.9. The second-order valence-corrected chi connectivity index (χ2v) is 2.58. The fourth-order valence-corrected chi connectivity index (χ4v) is 1.01. The van der Waals surface area contributed by atoms with Crippen molar-refractivity contribution in [2.75, 3.05) is 13.7 Å². The Bertz CT molecular complexity index is 408. The van der Waals surface area contributed by atoms with Gasteiger partial charge in [-0.25, -0.2) is 0 Å². The highest BCUT2D eigenvalue weighted by Crippen LogP contribution is 2.30. The SMILES string of the molecule is C#CCOc1cc(OC)ccc1[N+](=O)[O-]. The zero-order chi connectivity index (χ0) is 11.3. The second-order valence-electron chi connectivity index (χ2n) is 2.58. The maximum atomic E-state index is 10.6. The molecule has 0 N–H and O–H groups in total. The average Bonchev–Trinajstić information content (AvgIpc) is 2.25. The summed E-state index contributed by atoms with van der Waals surface area (Å²) in [4.78, 5) is 10.1. The van der Waals surface area contributed by atoms with Crippen LogP contribution in [0.25, 0.3) is 0 Å². The van der Waals surface area contributed by atoms with Gasteiger partial charge in [0, 0.05) is 12.1 Å². The van der Waals surface area contributed by atoms with Gasteiger partial charge >= 0.3 is 5.69 Å². The van der Waals surface area contributed by atoms with Gasteiger partial charge in [0.15, 0.2) is 0 Å². The molecule has 0 atom stereocenters. The summed E-state index contributed by atoms with van der Waals surface area (Å²) >= 11 is 0. The van der Waals surface area contributed by atoms with Crippen LogP contribution in [-0.4, -0.2) is 18.6 Å². The predicted octanol–water partition coefficient (Wildman–Crippen LogP) is 1.62. The average molecular weight is 207 g/mol. The summed E-state index contributed by atoms with van der Waals surface area (Å²) in [5.41, 5.74) is -0.133. The van der Waals surface area contributed by atoms with Crippen LogP contribution in [0.1, 0.15) is 0 Å². The summed E-state index contributed by atoms with van der Waals surface area (Å²) in [7, 11) is 1.46. The molecule has 5 heteroatoms. The minimum atomic E-state index is -0.536. The van der Waals surface area contributed by atoms with Gasteiger partial charge < -0.3 is 9.47 Å². The summed E-state index contributed by atoms with van der Waals surface area (Å²) in [5, 5.41) is 10.6. The molecule has 0 fully saturated rings. The Kier molecular flexibility index (Phi) is 3.52. The van der Waals surface area contributed by atoms with Gasteiger partial charge in [0.1, 0.15) is 12.4 Å². The van der Waals surface area contributed by atoms with Gasteiger partial charge in [0.2, 0.25) is 5.75 Å². The van der Waals surface area contributed by atoms with Crippen molar-refractivity contribution in [3.8, 4) is 23.8 Å². The molecular formula is C10H9NO4. The standard InChI is InChI=1S/C10H9NO4/c1-3-6-15-10-7-8(14-2)4-5-9(10)11(12)13/h1,4-5,7H,6H2,2H3. The smallest absolute Gasteiger partial charge is 0.311 e. The predicted molar refractivity (Wildman–Crippen MR) is 54.0 cm³/mol. The lowest BCUT2D eigenvalue weighted by Crippen LogP contribution is -1.99. The van der Waals surface area contributed by atoms with Crippen molar-refractivity contribution in [3.63, 3.8) is 0 Å². The van der Waals surface area contributed by atoms with Gasteiger partial charge in [-0.3, -0.25) is 10.1 Å². The van der Waals surface area contributed by atoms with Crippen LogP contribution in [0.5, 0.6) is 11.5 Å². The number of benzene rings is 1. The molecule has 0 aliphatic carbocycles. The van der Waals surface area contributed by atoms with Crippen LogP contribution in [0, 0.1) is 22.5 Å². The van der Waals surface area contributed by atoms with Crippen molar-refractivity contribution in [2.24, 2.45) is 0 Å². The highest BCUT2D eigenvalue weighted by atomic mass is 16.6. The number of hydrogen-bond acceptors (Lipinski definition) is 4. The van der Waals surface area contributed by atoms with Crippen LogP contribution >= 0.6 is 0 Å².